The molecule has 0 radical (unpaired) electrons. The number of nitro groups is 1. The largest absolute Gasteiger partial charge is 0.484 e. The number of carbonyl (C=O) groups excluding carboxylic acids is 1. The molecule has 0 fully saturated rings. The van der Waals surface area contributed by atoms with E-state index in [2.05, 4.69) is 10.5 Å². The van der Waals surface area contributed by atoms with Crippen LogP contribution in [0.4, 0.5) is 5.69 Å². The summed E-state index contributed by atoms with van der Waals surface area (Å²) in [5.41, 5.74) is 4.21. The molecule has 7 heteroatoms. The Morgan fingerprint density at radius 2 is 1.84 bits per heavy atom. The molecule has 1 amide bonds. The maximum atomic E-state index is 11.9. The Kier molecular flexibility index (Phi) is 6.65. The Bertz CT molecular complexity index is 743. The predicted octanol–water partition coefficient (Wildman–Crippen LogP) is 3.29. The Morgan fingerprint density at radius 1 is 1.16 bits per heavy atom. The summed E-state index contributed by atoms with van der Waals surface area (Å²) in [7, 11) is 0. The van der Waals surface area contributed by atoms with Gasteiger partial charge in [0.15, 0.2) is 6.61 Å². The number of nitrogens with zero attached hydrogens (tertiary/aromatic N) is 2. The number of nitrogens with one attached hydrogen (secondary N) is 1. The van der Waals surface area contributed by atoms with E-state index >= 15 is 0 Å². The van der Waals surface area contributed by atoms with Crippen molar-refractivity contribution < 1.29 is 14.5 Å². The van der Waals surface area contributed by atoms with Gasteiger partial charge < -0.3 is 4.74 Å². The molecule has 2 aromatic rings. The average molecular weight is 341 g/mol. The summed E-state index contributed by atoms with van der Waals surface area (Å²) in [6, 6.07) is 15.2. The normalized spacial score (nSPS) is 11.0. The second kappa shape index (κ2) is 9.17. The van der Waals surface area contributed by atoms with Gasteiger partial charge in [-0.3, -0.25) is 14.9 Å². The summed E-state index contributed by atoms with van der Waals surface area (Å²) < 4.78 is 5.30. The van der Waals surface area contributed by atoms with Gasteiger partial charge in [-0.05, 0) is 24.1 Å². The first-order valence-electron chi connectivity index (χ1n) is 7.88. The third-order valence-corrected chi connectivity index (χ3v) is 3.33. The van der Waals surface area contributed by atoms with Crippen molar-refractivity contribution in [3.05, 3.63) is 70.3 Å². The summed E-state index contributed by atoms with van der Waals surface area (Å²) in [6.07, 6.45) is 1.65. The maximum absolute atomic E-state index is 11.9. The molecule has 0 aliphatic rings. The van der Waals surface area contributed by atoms with E-state index in [0.717, 1.165) is 24.1 Å². The fraction of sp³-hybridized carbons (Fsp3) is 0.222. The molecule has 25 heavy (non-hydrogen) atoms. The molecule has 0 saturated carbocycles. The first-order valence-corrected chi connectivity index (χ1v) is 7.88. The van der Waals surface area contributed by atoms with Crippen LogP contribution in [-0.2, 0) is 4.79 Å². The summed E-state index contributed by atoms with van der Waals surface area (Å²) >= 11 is 0. The van der Waals surface area contributed by atoms with Crippen molar-refractivity contribution in [2.45, 2.75) is 19.8 Å². The fourth-order valence-corrected chi connectivity index (χ4v) is 2.11. The zero-order valence-electron chi connectivity index (χ0n) is 13.8. The van der Waals surface area contributed by atoms with Crippen LogP contribution in [0.3, 0.4) is 0 Å². The van der Waals surface area contributed by atoms with Crippen LogP contribution in [0.25, 0.3) is 0 Å². The van der Waals surface area contributed by atoms with Crippen molar-refractivity contribution in [3.8, 4) is 5.75 Å². The zero-order chi connectivity index (χ0) is 18.1. The summed E-state index contributed by atoms with van der Waals surface area (Å²) in [4.78, 5) is 22.0. The Morgan fingerprint density at radius 3 is 2.44 bits per heavy atom. The first kappa shape index (κ1) is 18.1. The highest BCUT2D eigenvalue weighted by Gasteiger charge is 2.07. The summed E-state index contributed by atoms with van der Waals surface area (Å²) in [6.45, 7) is 1.81. The van der Waals surface area contributed by atoms with E-state index < -0.39 is 10.8 Å². The lowest BCUT2D eigenvalue weighted by Gasteiger charge is -2.07. The molecule has 0 bridgehead atoms. The second-order valence-electron chi connectivity index (χ2n) is 5.25. The minimum absolute atomic E-state index is 0.0338. The van der Waals surface area contributed by atoms with Crippen LogP contribution < -0.4 is 10.2 Å². The van der Waals surface area contributed by atoms with Crippen molar-refractivity contribution in [2.75, 3.05) is 6.61 Å². The van der Waals surface area contributed by atoms with E-state index in [-0.39, 0.29) is 12.3 Å². The highest BCUT2D eigenvalue weighted by Crippen LogP contribution is 2.17. The Balaban J connectivity index is 1.91. The van der Waals surface area contributed by atoms with Gasteiger partial charge in [-0.25, -0.2) is 5.43 Å². The number of nitro benzene ring substituents is 1. The van der Waals surface area contributed by atoms with Crippen LogP contribution in [0.2, 0.25) is 0 Å². The van der Waals surface area contributed by atoms with Gasteiger partial charge in [0.25, 0.3) is 11.6 Å². The molecule has 2 rings (SSSR count). The number of hydrogen-bond acceptors (Lipinski definition) is 5. The lowest BCUT2D eigenvalue weighted by molar-refractivity contribution is -0.384. The SMILES string of the molecule is CCC/C(=N\NC(=O)COc1ccc([N+](=O)[O-])cc1)c1ccccc1. The number of carbonyl (C=O) groups is 1. The highest BCUT2D eigenvalue weighted by atomic mass is 16.6. The van der Waals surface area contributed by atoms with Gasteiger partial charge in [0, 0.05) is 12.1 Å². The smallest absolute Gasteiger partial charge is 0.277 e. The van der Waals surface area contributed by atoms with Gasteiger partial charge in [-0.2, -0.15) is 5.10 Å². The summed E-state index contributed by atoms with van der Waals surface area (Å²) in [5.74, 6) is -0.0237. The standard InChI is InChI=1S/C18H19N3O4/c1-2-6-17(14-7-4-3-5-8-14)19-20-18(22)13-25-16-11-9-15(10-12-16)21(23)24/h3-5,7-12H,2,6,13H2,1H3,(H,20,22)/b19-17+. The number of benzene rings is 2. The quantitative estimate of drug-likeness (QED) is 0.453. The van der Waals surface area contributed by atoms with E-state index in [9.17, 15) is 14.9 Å². The van der Waals surface area contributed by atoms with Gasteiger partial charge >= 0.3 is 0 Å². The van der Waals surface area contributed by atoms with Gasteiger partial charge in [0.2, 0.25) is 0 Å². The van der Waals surface area contributed by atoms with Crippen LogP contribution in [0.15, 0.2) is 59.7 Å². The fourth-order valence-electron chi connectivity index (χ4n) is 2.11. The van der Waals surface area contributed by atoms with E-state index in [0.29, 0.717) is 5.75 Å². The molecule has 0 saturated heterocycles. The highest BCUT2D eigenvalue weighted by molar-refractivity contribution is 6.01. The molecule has 7 nitrogen and oxygen atoms in total. The monoisotopic (exact) mass is 341 g/mol. The number of ether oxygens (including phenoxy) is 1. The molecule has 0 aliphatic heterocycles. The molecular weight excluding hydrogens is 322 g/mol. The second-order valence-corrected chi connectivity index (χ2v) is 5.25. The molecule has 2 aromatic carbocycles. The Labute approximate surface area is 145 Å². The van der Waals surface area contributed by atoms with E-state index in [4.69, 9.17) is 4.74 Å². The van der Waals surface area contributed by atoms with Crippen molar-refractivity contribution in [1.82, 2.24) is 5.43 Å². The first-order chi connectivity index (χ1) is 12.1. The van der Waals surface area contributed by atoms with Crippen LogP contribution in [0, 0.1) is 10.1 Å². The minimum Gasteiger partial charge on any atom is -0.484 e. The lowest BCUT2D eigenvalue weighted by atomic mass is 10.1. The average Bonchev–Trinajstić information content (AvgIpc) is 2.64. The van der Waals surface area contributed by atoms with E-state index in [1.807, 2.05) is 37.3 Å². The minimum atomic E-state index is -0.496. The van der Waals surface area contributed by atoms with E-state index in [1.165, 1.54) is 24.3 Å². The topological polar surface area (TPSA) is 93.8 Å². The molecule has 1 N–H and O–H groups in total. The molecule has 0 unspecified atom stereocenters. The number of rotatable bonds is 8. The zero-order valence-corrected chi connectivity index (χ0v) is 13.8. The summed E-state index contributed by atoms with van der Waals surface area (Å²) in [5, 5.41) is 14.8. The molecule has 130 valence electrons. The number of hydrazone groups is 1. The van der Waals surface area contributed by atoms with Gasteiger partial charge in [-0.15, -0.1) is 0 Å². The van der Waals surface area contributed by atoms with Crippen molar-refractivity contribution in [3.63, 3.8) is 0 Å². The molecule has 0 aromatic heterocycles. The molecule has 0 heterocycles. The lowest BCUT2D eigenvalue weighted by Crippen LogP contribution is -2.26. The van der Waals surface area contributed by atoms with E-state index in [1.54, 1.807) is 0 Å². The van der Waals surface area contributed by atoms with Crippen LogP contribution in [0.1, 0.15) is 25.3 Å². The van der Waals surface area contributed by atoms with Crippen LogP contribution in [0.5, 0.6) is 5.75 Å². The molecule has 0 aliphatic carbocycles. The number of amides is 1. The number of hydrogen-bond donors (Lipinski definition) is 1. The van der Waals surface area contributed by atoms with Crippen molar-refractivity contribution in [1.29, 1.82) is 0 Å². The maximum Gasteiger partial charge on any atom is 0.277 e. The molecule has 0 spiro atoms. The van der Waals surface area contributed by atoms with Crippen LogP contribution in [-0.4, -0.2) is 23.1 Å². The third kappa shape index (κ3) is 5.72. The van der Waals surface area contributed by atoms with Crippen molar-refractivity contribution in [2.24, 2.45) is 5.10 Å². The van der Waals surface area contributed by atoms with Crippen molar-refractivity contribution >= 4 is 17.3 Å². The predicted molar refractivity (Wildman–Crippen MR) is 94.6 cm³/mol. The Hall–Kier alpha value is -3.22. The molecule has 0 atom stereocenters. The molecular formula is C18H19N3O4. The van der Waals surface area contributed by atoms with Gasteiger partial charge in [0.1, 0.15) is 5.75 Å². The van der Waals surface area contributed by atoms with Gasteiger partial charge in [-0.1, -0.05) is 43.7 Å². The van der Waals surface area contributed by atoms with Crippen LogP contribution >= 0.6 is 0 Å². The van der Waals surface area contributed by atoms with Gasteiger partial charge in [0.05, 0.1) is 10.6 Å². The third-order valence-electron chi connectivity index (χ3n) is 3.33. The number of non-ortho nitro benzene ring substituents is 1.